The van der Waals surface area contributed by atoms with Crippen LogP contribution in [0.5, 0.6) is 0 Å². The van der Waals surface area contributed by atoms with E-state index in [0.717, 1.165) is 0 Å². The number of carboxylic acids is 1. The molecular formula is C9H12N2O2. The minimum Gasteiger partial charge on any atom is -0.481 e. The van der Waals surface area contributed by atoms with Crippen molar-refractivity contribution in [3.8, 4) is 0 Å². The maximum absolute atomic E-state index is 10.7. The predicted octanol–water partition coefficient (Wildman–Crippen LogP) is 1.16. The third-order valence-corrected chi connectivity index (χ3v) is 1.95. The van der Waals surface area contributed by atoms with E-state index in [1.54, 1.807) is 31.2 Å². The van der Waals surface area contributed by atoms with E-state index in [4.69, 9.17) is 10.9 Å². The van der Waals surface area contributed by atoms with E-state index >= 15 is 0 Å². The molecule has 0 amide bonds. The van der Waals surface area contributed by atoms with Crippen LogP contribution in [0.4, 0.5) is 5.69 Å². The fourth-order valence-corrected chi connectivity index (χ4v) is 1.14. The van der Waals surface area contributed by atoms with E-state index in [1.807, 2.05) is 0 Å². The lowest BCUT2D eigenvalue weighted by Gasteiger charge is -2.11. The highest BCUT2D eigenvalue weighted by Gasteiger charge is 2.16. The molecule has 4 N–H and O–H groups in total. The number of hydrazine groups is 1. The molecule has 13 heavy (non-hydrogen) atoms. The molecule has 0 aliphatic heterocycles. The second kappa shape index (κ2) is 3.91. The van der Waals surface area contributed by atoms with Crippen molar-refractivity contribution in [1.29, 1.82) is 0 Å². The van der Waals surface area contributed by atoms with Crippen molar-refractivity contribution < 1.29 is 9.90 Å². The Hall–Kier alpha value is -1.55. The van der Waals surface area contributed by atoms with E-state index in [0.29, 0.717) is 11.3 Å². The molecule has 0 spiro atoms. The molecule has 1 aromatic rings. The van der Waals surface area contributed by atoms with Crippen LogP contribution in [0.15, 0.2) is 24.3 Å². The van der Waals surface area contributed by atoms with Gasteiger partial charge in [0.1, 0.15) is 0 Å². The molecule has 0 fully saturated rings. The average molecular weight is 180 g/mol. The van der Waals surface area contributed by atoms with Gasteiger partial charge in [0.15, 0.2) is 0 Å². The van der Waals surface area contributed by atoms with Crippen molar-refractivity contribution in [1.82, 2.24) is 0 Å². The number of nitrogen functional groups attached to an aromatic ring is 1. The van der Waals surface area contributed by atoms with Gasteiger partial charge in [-0.25, -0.2) is 0 Å². The fraction of sp³-hybridized carbons (Fsp3) is 0.222. The number of carbonyl (C=O) groups is 1. The standard InChI is InChI=1S/C9H12N2O2/c1-6(9(12)13)7-4-2-3-5-8(7)11-10/h2-6,11H,10H2,1H3,(H,12,13). The van der Waals surface area contributed by atoms with Crippen LogP contribution in [0, 0.1) is 0 Å². The summed E-state index contributed by atoms with van der Waals surface area (Å²) in [5, 5.41) is 8.79. The Morgan fingerprint density at radius 1 is 1.54 bits per heavy atom. The van der Waals surface area contributed by atoms with Gasteiger partial charge in [0.05, 0.1) is 11.6 Å². The second-order valence-electron chi connectivity index (χ2n) is 2.79. The normalized spacial score (nSPS) is 12.2. The maximum atomic E-state index is 10.7. The quantitative estimate of drug-likeness (QED) is 0.482. The largest absolute Gasteiger partial charge is 0.481 e. The molecule has 4 heteroatoms. The van der Waals surface area contributed by atoms with Crippen LogP contribution in [-0.4, -0.2) is 11.1 Å². The molecule has 0 aliphatic rings. The molecule has 0 radical (unpaired) electrons. The molecule has 1 atom stereocenters. The molecule has 4 nitrogen and oxygen atoms in total. The van der Waals surface area contributed by atoms with Crippen LogP contribution in [0.2, 0.25) is 0 Å². The summed E-state index contributed by atoms with van der Waals surface area (Å²) in [5.74, 6) is 3.84. The minimum absolute atomic E-state index is 0.549. The van der Waals surface area contributed by atoms with Gasteiger partial charge in [-0.3, -0.25) is 10.6 Å². The fourth-order valence-electron chi connectivity index (χ4n) is 1.14. The molecule has 0 heterocycles. The molecular weight excluding hydrogens is 168 g/mol. The Morgan fingerprint density at radius 2 is 2.15 bits per heavy atom. The van der Waals surface area contributed by atoms with Gasteiger partial charge >= 0.3 is 5.97 Å². The van der Waals surface area contributed by atoms with Gasteiger partial charge in [-0.05, 0) is 18.6 Å². The SMILES string of the molecule is CC(C(=O)O)c1ccccc1NN. The zero-order chi connectivity index (χ0) is 9.84. The van der Waals surface area contributed by atoms with Crippen molar-refractivity contribution in [2.75, 3.05) is 5.43 Å². The smallest absolute Gasteiger partial charge is 0.310 e. The highest BCUT2D eigenvalue weighted by molar-refractivity contribution is 5.78. The lowest BCUT2D eigenvalue weighted by atomic mass is 10.00. The second-order valence-corrected chi connectivity index (χ2v) is 2.79. The summed E-state index contributed by atoms with van der Waals surface area (Å²) >= 11 is 0. The summed E-state index contributed by atoms with van der Waals surface area (Å²) in [5.41, 5.74) is 3.81. The lowest BCUT2D eigenvalue weighted by molar-refractivity contribution is -0.138. The Labute approximate surface area is 76.3 Å². The number of benzene rings is 1. The van der Waals surface area contributed by atoms with E-state index in [9.17, 15) is 4.79 Å². The van der Waals surface area contributed by atoms with Gasteiger partial charge in [0.2, 0.25) is 0 Å². The summed E-state index contributed by atoms with van der Waals surface area (Å²) in [7, 11) is 0. The van der Waals surface area contributed by atoms with Crippen molar-refractivity contribution >= 4 is 11.7 Å². The molecule has 0 bridgehead atoms. The highest BCUT2D eigenvalue weighted by atomic mass is 16.4. The number of anilines is 1. The Balaban J connectivity index is 3.05. The summed E-state index contributed by atoms with van der Waals surface area (Å²) in [6.45, 7) is 1.62. The van der Waals surface area contributed by atoms with Crippen LogP contribution in [-0.2, 0) is 4.79 Å². The number of rotatable bonds is 3. The predicted molar refractivity (Wildman–Crippen MR) is 50.3 cm³/mol. The number of para-hydroxylation sites is 1. The number of nitrogens with one attached hydrogen (secondary N) is 1. The molecule has 0 aliphatic carbocycles. The summed E-state index contributed by atoms with van der Waals surface area (Å²) in [6.07, 6.45) is 0. The summed E-state index contributed by atoms with van der Waals surface area (Å²) < 4.78 is 0. The first-order chi connectivity index (χ1) is 6.16. The van der Waals surface area contributed by atoms with Crippen molar-refractivity contribution in [2.24, 2.45) is 5.84 Å². The molecule has 1 rings (SSSR count). The van der Waals surface area contributed by atoms with E-state index in [2.05, 4.69) is 5.43 Å². The maximum Gasteiger partial charge on any atom is 0.310 e. The topological polar surface area (TPSA) is 75.3 Å². The third-order valence-electron chi connectivity index (χ3n) is 1.95. The van der Waals surface area contributed by atoms with Gasteiger partial charge in [0.25, 0.3) is 0 Å². The molecule has 0 aromatic heterocycles. The monoisotopic (exact) mass is 180 g/mol. The van der Waals surface area contributed by atoms with E-state index in [1.165, 1.54) is 0 Å². The molecule has 1 unspecified atom stereocenters. The lowest BCUT2D eigenvalue weighted by Crippen LogP contribution is -2.14. The molecule has 0 saturated heterocycles. The Morgan fingerprint density at radius 3 is 2.69 bits per heavy atom. The number of hydrogen-bond acceptors (Lipinski definition) is 3. The van der Waals surface area contributed by atoms with Gasteiger partial charge < -0.3 is 10.5 Å². The number of nitrogens with two attached hydrogens (primary N) is 1. The molecule has 70 valence electrons. The van der Waals surface area contributed by atoms with Gasteiger partial charge in [-0.1, -0.05) is 18.2 Å². The number of aliphatic carboxylic acids is 1. The van der Waals surface area contributed by atoms with Crippen LogP contribution >= 0.6 is 0 Å². The Kier molecular flexibility index (Phi) is 2.87. The van der Waals surface area contributed by atoms with E-state index in [-0.39, 0.29) is 0 Å². The zero-order valence-corrected chi connectivity index (χ0v) is 7.32. The first-order valence-corrected chi connectivity index (χ1v) is 3.95. The summed E-state index contributed by atoms with van der Waals surface area (Å²) in [6, 6.07) is 7.08. The van der Waals surface area contributed by atoms with E-state index < -0.39 is 11.9 Å². The molecule has 1 aromatic carbocycles. The third kappa shape index (κ3) is 1.97. The van der Waals surface area contributed by atoms with Gasteiger partial charge in [0, 0.05) is 0 Å². The Bertz CT molecular complexity index is 312. The van der Waals surface area contributed by atoms with Crippen LogP contribution in [0.1, 0.15) is 18.4 Å². The van der Waals surface area contributed by atoms with Crippen molar-refractivity contribution in [2.45, 2.75) is 12.8 Å². The van der Waals surface area contributed by atoms with Crippen LogP contribution in [0.25, 0.3) is 0 Å². The van der Waals surface area contributed by atoms with Gasteiger partial charge in [-0.15, -0.1) is 0 Å². The minimum atomic E-state index is -0.859. The zero-order valence-electron chi connectivity index (χ0n) is 7.32. The number of hydrogen-bond donors (Lipinski definition) is 3. The summed E-state index contributed by atoms with van der Waals surface area (Å²) in [4.78, 5) is 10.7. The first-order valence-electron chi connectivity index (χ1n) is 3.95. The first kappa shape index (κ1) is 9.54. The van der Waals surface area contributed by atoms with Crippen molar-refractivity contribution in [3.05, 3.63) is 29.8 Å². The van der Waals surface area contributed by atoms with Gasteiger partial charge in [-0.2, -0.15) is 0 Å². The number of carboxylic acid groups (broad SMARTS) is 1. The molecule has 0 saturated carbocycles. The van der Waals surface area contributed by atoms with Crippen LogP contribution in [0.3, 0.4) is 0 Å². The highest BCUT2D eigenvalue weighted by Crippen LogP contribution is 2.23. The van der Waals surface area contributed by atoms with Crippen molar-refractivity contribution in [3.63, 3.8) is 0 Å². The van der Waals surface area contributed by atoms with Crippen LogP contribution < -0.4 is 11.3 Å². The average Bonchev–Trinajstić information content (AvgIpc) is 2.16.